The molecule has 0 aliphatic heterocycles. The fourth-order valence-electron chi connectivity index (χ4n) is 3.19. The van der Waals surface area contributed by atoms with Crippen molar-refractivity contribution in [3.8, 4) is 5.88 Å². The predicted octanol–water partition coefficient (Wildman–Crippen LogP) is 4.74. The number of hydrogen-bond donors (Lipinski definition) is 1. The lowest BCUT2D eigenvalue weighted by Gasteiger charge is -2.19. The molecule has 4 aromatic rings. The molecule has 0 aliphatic carbocycles. The van der Waals surface area contributed by atoms with Crippen molar-refractivity contribution in [2.75, 3.05) is 16.7 Å². The van der Waals surface area contributed by atoms with Crippen LogP contribution in [0.4, 0.5) is 11.4 Å². The van der Waals surface area contributed by atoms with Gasteiger partial charge in [0.1, 0.15) is 6.61 Å². The predicted molar refractivity (Wildman–Crippen MR) is 131 cm³/mol. The topological polar surface area (TPSA) is 88.6 Å². The van der Waals surface area contributed by atoms with Gasteiger partial charge in [-0.25, -0.2) is 13.4 Å². The summed E-state index contributed by atoms with van der Waals surface area (Å²) in [5.41, 5.74) is 2.40. The molecule has 172 valence electrons. The van der Waals surface area contributed by atoms with Crippen LogP contribution in [0, 0.1) is 0 Å². The van der Waals surface area contributed by atoms with Gasteiger partial charge in [-0.2, -0.15) is 0 Å². The van der Waals surface area contributed by atoms with E-state index in [1.807, 2.05) is 36.4 Å². The van der Waals surface area contributed by atoms with Crippen LogP contribution < -0.4 is 14.4 Å². The van der Waals surface area contributed by atoms with Crippen molar-refractivity contribution < 1.29 is 17.9 Å². The lowest BCUT2D eigenvalue weighted by molar-refractivity contribution is 0.102. The van der Waals surface area contributed by atoms with Gasteiger partial charge in [0.25, 0.3) is 15.9 Å². The van der Waals surface area contributed by atoms with E-state index in [1.165, 1.54) is 41.8 Å². The second kappa shape index (κ2) is 10.2. The van der Waals surface area contributed by atoms with Gasteiger partial charge in [-0.15, -0.1) is 0 Å². The average Bonchev–Trinajstić information content (AvgIpc) is 2.89. The molecule has 1 heterocycles. The molecule has 0 saturated carbocycles. The maximum absolute atomic E-state index is 12.9. The standard InChI is InChI=1S/C26H23N3O4S/c1-29(23-10-6-3-7-11-23)34(31,32)24-15-12-21(13-16-24)26(30)28-22-14-17-25(27-18-22)33-19-20-8-4-2-5-9-20/h2-18H,19H2,1H3,(H,28,30). The summed E-state index contributed by atoms with van der Waals surface area (Å²) in [5, 5.41) is 2.75. The Kier molecular flexibility index (Phi) is 6.89. The van der Waals surface area contributed by atoms with Crippen LogP contribution in [0.1, 0.15) is 15.9 Å². The second-order valence-corrected chi connectivity index (χ2v) is 9.42. The molecule has 0 saturated heterocycles. The Balaban J connectivity index is 1.38. The smallest absolute Gasteiger partial charge is 0.264 e. The quantitative estimate of drug-likeness (QED) is 0.399. The van der Waals surface area contributed by atoms with Crippen molar-refractivity contribution in [3.05, 3.63) is 114 Å². The zero-order valence-corrected chi connectivity index (χ0v) is 19.3. The third kappa shape index (κ3) is 5.41. The highest BCUT2D eigenvalue weighted by atomic mass is 32.2. The van der Waals surface area contributed by atoms with Crippen LogP contribution in [0.2, 0.25) is 0 Å². The van der Waals surface area contributed by atoms with Gasteiger partial charge < -0.3 is 10.1 Å². The third-order valence-corrected chi connectivity index (χ3v) is 6.92. The fourth-order valence-corrected chi connectivity index (χ4v) is 4.38. The van der Waals surface area contributed by atoms with Gasteiger partial charge in [0.05, 0.1) is 22.5 Å². The monoisotopic (exact) mass is 473 g/mol. The first-order chi connectivity index (χ1) is 16.4. The van der Waals surface area contributed by atoms with Gasteiger partial charge >= 0.3 is 0 Å². The van der Waals surface area contributed by atoms with Crippen LogP contribution in [0.15, 0.2) is 108 Å². The normalized spacial score (nSPS) is 11.0. The first-order valence-electron chi connectivity index (χ1n) is 10.5. The van der Waals surface area contributed by atoms with E-state index in [0.29, 0.717) is 29.4 Å². The number of hydrogen-bond acceptors (Lipinski definition) is 5. The SMILES string of the molecule is CN(c1ccccc1)S(=O)(=O)c1ccc(C(=O)Nc2ccc(OCc3ccccc3)nc2)cc1. The first-order valence-corrected chi connectivity index (χ1v) is 12.0. The van der Waals surface area contributed by atoms with Crippen molar-refractivity contribution in [3.63, 3.8) is 0 Å². The van der Waals surface area contributed by atoms with Gasteiger partial charge in [-0.05, 0) is 48.0 Å². The number of sulfonamides is 1. The Morgan fingerprint density at radius 2 is 1.53 bits per heavy atom. The van der Waals surface area contributed by atoms with E-state index in [4.69, 9.17) is 4.74 Å². The summed E-state index contributed by atoms with van der Waals surface area (Å²) in [6.07, 6.45) is 1.51. The highest BCUT2D eigenvalue weighted by Gasteiger charge is 2.21. The molecule has 0 radical (unpaired) electrons. The van der Waals surface area contributed by atoms with E-state index in [-0.39, 0.29) is 10.8 Å². The van der Waals surface area contributed by atoms with Crippen LogP contribution >= 0.6 is 0 Å². The van der Waals surface area contributed by atoms with Gasteiger partial charge in [-0.1, -0.05) is 48.5 Å². The number of aromatic nitrogens is 1. The molecule has 34 heavy (non-hydrogen) atoms. The summed E-state index contributed by atoms with van der Waals surface area (Å²) in [4.78, 5) is 16.9. The van der Waals surface area contributed by atoms with Gasteiger partial charge in [0.15, 0.2) is 0 Å². The van der Waals surface area contributed by atoms with Crippen LogP contribution in [0.5, 0.6) is 5.88 Å². The number of benzene rings is 3. The Morgan fingerprint density at radius 1 is 0.882 bits per heavy atom. The van der Waals surface area contributed by atoms with E-state index in [9.17, 15) is 13.2 Å². The molecule has 1 amide bonds. The van der Waals surface area contributed by atoms with Gasteiger partial charge in [0.2, 0.25) is 5.88 Å². The number of pyridine rings is 1. The molecule has 8 heteroatoms. The minimum absolute atomic E-state index is 0.0944. The van der Waals surface area contributed by atoms with E-state index in [1.54, 1.807) is 36.4 Å². The van der Waals surface area contributed by atoms with Gasteiger partial charge in [-0.3, -0.25) is 9.10 Å². The number of nitrogens with one attached hydrogen (secondary N) is 1. The van der Waals surface area contributed by atoms with Crippen molar-refractivity contribution in [2.24, 2.45) is 0 Å². The van der Waals surface area contributed by atoms with Crippen LogP contribution in [-0.2, 0) is 16.6 Å². The zero-order valence-electron chi connectivity index (χ0n) is 18.5. The first kappa shape index (κ1) is 23.0. The molecule has 0 spiro atoms. The Labute approximate surface area is 198 Å². The van der Waals surface area contributed by atoms with Crippen LogP contribution in [0.3, 0.4) is 0 Å². The molecular formula is C26H23N3O4S. The number of amides is 1. The molecule has 1 aromatic heterocycles. The number of para-hydroxylation sites is 1. The molecule has 0 bridgehead atoms. The Bertz CT molecular complexity index is 1340. The Morgan fingerprint density at radius 3 is 2.15 bits per heavy atom. The second-order valence-electron chi connectivity index (χ2n) is 7.45. The molecule has 0 atom stereocenters. The summed E-state index contributed by atoms with van der Waals surface area (Å²) in [6.45, 7) is 0.397. The summed E-state index contributed by atoms with van der Waals surface area (Å²) >= 11 is 0. The number of carbonyl (C=O) groups is 1. The molecule has 0 aliphatic rings. The number of nitrogens with zero attached hydrogens (tertiary/aromatic N) is 2. The van der Waals surface area contributed by atoms with Crippen molar-refractivity contribution >= 4 is 27.3 Å². The molecule has 7 nitrogen and oxygen atoms in total. The molecule has 0 unspecified atom stereocenters. The zero-order chi connectivity index (χ0) is 24.0. The fraction of sp³-hybridized carbons (Fsp3) is 0.0769. The molecular weight excluding hydrogens is 450 g/mol. The maximum Gasteiger partial charge on any atom is 0.264 e. The number of carbonyl (C=O) groups excluding carboxylic acids is 1. The number of ether oxygens (including phenoxy) is 1. The van der Waals surface area contributed by atoms with Crippen molar-refractivity contribution in [1.29, 1.82) is 0 Å². The summed E-state index contributed by atoms with van der Waals surface area (Å²) in [6, 6.07) is 27.7. The molecule has 1 N–H and O–H groups in total. The van der Waals surface area contributed by atoms with E-state index in [2.05, 4.69) is 10.3 Å². The maximum atomic E-state index is 12.9. The summed E-state index contributed by atoms with van der Waals surface area (Å²) in [7, 11) is -2.25. The van der Waals surface area contributed by atoms with E-state index >= 15 is 0 Å². The number of anilines is 2. The summed E-state index contributed by atoms with van der Waals surface area (Å²) < 4.78 is 32.6. The van der Waals surface area contributed by atoms with E-state index < -0.39 is 10.0 Å². The summed E-state index contributed by atoms with van der Waals surface area (Å²) in [5.74, 6) is 0.0686. The highest BCUT2D eigenvalue weighted by Crippen LogP contribution is 2.22. The molecule has 4 rings (SSSR count). The van der Waals surface area contributed by atoms with Crippen LogP contribution in [-0.4, -0.2) is 26.4 Å². The Hall–Kier alpha value is -4.17. The largest absolute Gasteiger partial charge is 0.473 e. The van der Waals surface area contributed by atoms with E-state index in [0.717, 1.165) is 5.56 Å². The lowest BCUT2D eigenvalue weighted by atomic mass is 10.2. The lowest BCUT2D eigenvalue weighted by Crippen LogP contribution is -2.26. The molecule has 3 aromatic carbocycles. The molecule has 0 fully saturated rings. The number of rotatable bonds is 8. The van der Waals surface area contributed by atoms with Crippen LogP contribution in [0.25, 0.3) is 0 Å². The van der Waals surface area contributed by atoms with Crippen molar-refractivity contribution in [1.82, 2.24) is 4.98 Å². The average molecular weight is 474 g/mol. The minimum atomic E-state index is -3.75. The third-order valence-electron chi connectivity index (χ3n) is 5.12. The van der Waals surface area contributed by atoms with Gasteiger partial charge in [0, 0.05) is 18.7 Å². The van der Waals surface area contributed by atoms with Crippen molar-refractivity contribution in [2.45, 2.75) is 11.5 Å². The highest BCUT2D eigenvalue weighted by molar-refractivity contribution is 7.92. The minimum Gasteiger partial charge on any atom is -0.473 e.